The molecule has 0 aliphatic rings. The quantitative estimate of drug-likeness (QED) is 0.681. The first-order valence-corrected chi connectivity index (χ1v) is 6.54. The van der Waals surface area contributed by atoms with Crippen molar-refractivity contribution >= 4 is 29.1 Å². The van der Waals surface area contributed by atoms with Crippen LogP contribution in [0.4, 0.5) is 0 Å². The van der Waals surface area contributed by atoms with E-state index >= 15 is 0 Å². The van der Waals surface area contributed by atoms with Crippen molar-refractivity contribution in [2.75, 3.05) is 0 Å². The monoisotopic (exact) mass is 312 g/mol. The molecular formula is C14H14Cl2N2O2. The van der Waals surface area contributed by atoms with Crippen molar-refractivity contribution in [1.29, 1.82) is 5.26 Å². The lowest BCUT2D eigenvalue weighted by atomic mass is 10.1. The number of carbonyl (C=O) groups excluding carboxylic acids is 1. The number of ether oxygens (including phenoxy) is 1. The van der Waals surface area contributed by atoms with Crippen molar-refractivity contribution in [3.63, 3.8) is 0 Å². The van der Waals surface area contributed by atoms with E-state index in [1.54, 1.807) is 39.0 Å². The number of benzene rings is 1. The molecule has 0 fully saturated rings. The van der Waals surface area contributed by atoms with Gasteiger partial charge in [-0.05, 0) is 39.0 Å². The zero-order chi connectivity index (χ0) is 15.3. The molecule has 4 nitrogen and oxygen atoms in total. The Morgan fingerprint density at radius 1 is 1.45 bits per heavy atom. The first-order chi connectivity index (χ1) is 9.23. The fourth-order valence-corrected chi connectivity index (χ4v) is 1.76. The largest absolute Gasteiger partial charge is 0.460 e. The number of hydrogen-bond donors (Lipinski definition) is 1. The smallest absolute Gasteiger partial charge is 0.248 e. The second-order valence-corrected chi connectivity index (χ2v) is 5.50. The summed E-state index contributed by atoms with van der Waals surface area (Å²) in [6.45, 7) is 4.82. The predicted molar refractivity (Wildman–Crippen MR) is 78.7 cm³/mol. The van der Waals surface area contributed by atoms with E-state index in [1.165, 1.54) is 6.08 Å². The third-order valence-corrected chi connectivity index (χ3v) is 2.74. The summed E-state index contributed by atoms with van der Waals surface area (Å²) in [5, 5.41) is 12.2. The van der Waals surface area contributed by atoms with Crippen molar-refractivity contribution in [3.8, 4) is 11.8 Å². The lowest BCUT2D eigenvalue weighted by molar-refractivity contribution is -0.117. The van der Waals surface area contributed by atoms with E-state index in [0.717, 1.165) is 0 Å². The van der Waals surface area contributed by atoms with Crippen molar-refractivity contribution < 1.29 is 9.53 Å². The van der Waals surface area contributed by atoms with E-state index in [1.807, 2.05) is 6.07 Å². The molecule has 1 aromatic carbocycles. The highest BCUT2D eigenvalue weighted by Gasteiger charge is 2.18. The fraction of sp³-hybridized carbons (Fsp3) is 0.286. The Morgan fingerprint density at radius 2 is 2.10 bits per heavy atom. The third kappa shape index (κ3) is 5.12. The summed E-state index contributed by atoms with van der Waals surface area (Å²) in [6, 6.07) is 6.76. The van der Waals surface area contributed by atoms with Crippen LogP contribution in [0.3, 0.4) is 0 Å². The maximum Gasteiger partial charge on any atom is 0.248 e. The lowest BCUT2D eigenvalue weighted by Crippen LogP contribution is -2.41. The molecule has 0 saturated heterocycles. The number of nitrogens with one attached hydrogen (secondary N) is 1. The van der Waals surface area contributed by atoms with E-state index in [4.69, 9.17) is 33.2 Å². The molecule has 6 heteroatoms. The predicted octanol–water partition coefficient (Wildman–Crippen LogP) is 3.69. The summed E-state index contributed by atoms with van der Waals surface area (Å²) in [5.41, 5.74) is -0.939. The number of nitrogens with zero attached hydrogens (tertiary/aromatic N) is 1. The standard InChI is InChI=1S/C14H14Cl2N2O2/c1-9(6-13(19)18-14(2,3)8-17)20-12-5-4-10(15)7-11(12)16/h4-7H,1-3H3,(H,18,19). The number of rotatable bonds is 4. The maximum absolute atomic E-state index is 11.7. The summed E-state index contributed by atoms with van der Waals surface area (Å²) in [6.07, 6.45) is 1.25. The number of halogens is 2. The molecule has 0 unspecified atom stereocenters. The van der Waals surface area contributed by atoms with Crippen molar-refractivity contribution in [2.45, 2.75) is 26.3 Å². The average molecular weight is 313 g/mol. The second kappa shape index (κ2) is 6.65. The highest BCUT2D eigenvalue weighted by atomic mass is 35.5. The number of allylic oxidation sites excluding steroid dienone is 1. The molecule has 0 spiro atoms. The Hall–Kier alpha value is -1.70. The first-order valence-electron chi connectivity index (χ1n) is 5.78. The van der Waals surface area contributed by atoms with Crippen molar-refractivity contribution in [1.82, 2.24) is 5.32 Å². The van der Waals surface area contributed by atoms with E-state index in [9.17, 15) is 4.79 Å². The summed E-state index contributed by atoms with van der Waals surface area (Å²) in [5.74, 6) is 0.330. The number of carbonyl (C=O) groups is 1. The van der Waals surface area contributed by atoms with Gasteiger partial charge in [-0.15, -0.1) is 0 Å². The maximum atomic E-state index is 11.7. The summed E-state index contributed by atoms with van der Waals surface area (Å²) in [7, 11) is 0. The van der Waals surface area contributed by atoms with Gasteiger partial charge in [-0.3, -0.25) is 4.79 Å². The van der Waals surface area contributed by atoms with Crippen molar-refractivity contribution in [2.24, 2.45) is 0 Å². The van der Waals surface area contributed by atoms with Gasteiger partial charge in [-0.2, -0.15) is 5.26 Å². The highest BCUT2D eigenvalue weighted by Crippen LogP contribution is 2.28. The van der Waals surface area contributed by atoms with Crippen LogP contribution in [0.15, 0.2) is 30.0 Å². The second-order valence-electron chi connectivity index (χ2n) is 4.66. The molecule has 0 aliphatic heterocycles. The molecule has 0 saturated carbocycles. The number of nitriles is 1. The first kappa shape index (κ1) is 16.4. The minimum atomic E-state index is -0.939. The van der Waals surface area contributed by atoms with E-state index < -0.39 is 11.4 Å². The molecule has 0 aliphatic carbocycles. The van der Waals surface area contributed by atoms with Crippen LogP contribution in [0.5, 0.6) is 5.75 Å². The SMILES string of the molecule is CC(=CC(=O)NC(C)(C)C#N)Oc1ccc(Cl)cc1Cl. The molecule has 20 heavy (non-hydrogen) atoms. The van der Waals surface area contributed by atoms with E-state index in [-0.39, 0.29) is 0 Å². The van der Waals surface area contributed by atoms with E-state index in [2.05, 4.69) is 5.32 Å². The van der Waals surface area contributed by atoms with Crippen LogP contribution in [0.1, 0.15) is 20.8 Å². The van der Waals surface area contributed by atoms with Gasteiger partial charge in [-0.25, -0.2) is 0 Å². The van der Waals surface area contributed by atoms with Gasteiger partial charge in [-0.1, -0.05) is 23.2 Å². The molecule has 1 amide bonds. The molecule has 0 atom stereocenters. The van der Waals surface area contributed by atoms with Gasteiger partial charge in [0.2, 0.25) is 5.91 Å². The molecule has 0 heterocycles. The Morgan fingerprint density at radius 3 is 2.65 bits per heavy atom. The van der Waals surface area contributed by atoms with Crippen LogP contribution in [0.25, 0.3) is 0 Å². The summed E-state index contributed by atoms with van der Waals surface area (Å²) >= 11 is 11.7. The normalized spacial score (nSPS) is 11.7. The molecule has 0 bridgehead atoms. The van der Waals surface area contributed by atoms with Crippen LogP contribution < -0.4 is 10.1 Å². The summed E-state index contributed by atoms with van der Waals surface area (Å²) < 4.78 is 5.45. The number of amides is 1. The van der Waals surface area contributed by atoms with Gasteiger partial charge < -0.3 is 10.1 Å². The van der Waals surface area contributed by atoms with Gasteiger partial charge in [0.1, 0.15) is 17.0 Å². The zero-order valence-electron chi connectivity index (χ0n) is 11.3. The molecular weight excluding hydrogens is 299 g/mol. The molecule has 1 N–H and O–H groups in total. The van der Waals surface area contributed by atoms with Crippen LogP contribution >= 0.6 is 23.2 Å². The van der Waals surface area contributed by atoms with E-state index in [0.29, 0.717) is 21.6 Å². The minimum Gasteiger partial charge on any atom is -0.460 e. The van der Waals surface area contributed by atoms with Gasteiger partial charge in [0, 0.05) is 11.1 Å². The molecule has 0 radical (unpaired) electrons. The zero-order valence-corrected chi connectivity index (χ0v) is 12.8. The Labute approximate surface area is 127 Å². The Bertz CT molecular complexity index is 589. The number of hydrogen-bond acceptors (Lipinski definition) is 3. The minimum absolute atomic E-state index is 0.348. The van der Waals surface area contributed by atoms with Crippen LogP contribution in [0, 0.1) is 11.3 Å². The van der Waals surface area contributed by atoms with Gasteiger partial charge in [0.05, 0.1) is 11.1 Å². The topological polar surface area (TPSA) is 62.1 Å². The highest BCUT2D eigenvalue weighted by molar-refractivity contribution is 6.35. The van der Waals surface area contributed by atoms with Gasteiger partial charge >= 0.3 is 0 Å². The Kier molecular flexibility index (Phi) is 5.43. The van der Waals surface area contributed by atoms with Crippen LogP contribution in [-0.4, -0.2) is 11.4 Å². The third-order valence-electron chi connectivity index (χ3n) is 2.21. The van der Waals surface area contributed by atoms with Crippen LogP contribution in [0.2, 0.25) is 10.0 Å². The molecule has 1 rings (SSSR count). The van der Waals surface area contributed by atoms with Gasteiger partial charge in [0.15, 0.2) is 0 Å². The Balaban J connectivity index is 2.76. The molecule has 1 aromatic rings. The molecule has 106 valence electrons. The summed E-state index contributed by atoms with van der Waals surface area (Å²) in [4.78, 5) is 11.7. The van der Waals surface area contributed by atoms with Gasteiger partial charge in [0.25, 0.3) is 0 Å². The lowest BCUT2D eigenvalue weighted by Gasteiger charge is -2.16. The van der Waals surface area contributed by atoms with Crippen LogP contribution in [-0.2, 0) is 4.79 Å². The fourth-order valence-electron chi connectivity index (χ4n) is 1.32. The molecule has 0 aromatic heterocycles. The van der Waals surface area contributed by atoms with Crippen molar-refractivity contribution in [3.05, 3.63) is 40.1 Å². The average Bonchev–Trinajstić information content (AvgIpc) is 2.32.